The summed E-state index contributed by atoms with van der Waals surface area (Å²) in [6.07, 6.45) is 8.04. The zero-order chi connectivity index (χ0) is 21.7. The maximum absolute atomic E-state index is 14.7. The lowest BCUT2D eigenvalue weighted by Gasteiger charge is -2.22. The van der Waals surface area contributed by atoms with Gasteiger partial charge in [-0.05, 0) is 49.3 Å². The van der Waals surface area contributed by atoms with Crippen molar-refractivity contribution in [2.45, 2.75) is 58.3 Å². The van der Waals surface area contributed by atoms with Gasteiger partial charge < -0.3 is 5.11 Å². The number of ketones is 1. The van der Waals surface area contributed by atoms with Gasteiger partial charge in [0.15, 0.2) is 17.4 Å². The number of hydrogen-bond acceptors (Lipinski definition) is 2. The van der Waals surface area contributed by atoms with Crippen LogP contribution < -0.4 is 0 Å². The number of carbonyl (C=O) groups is 1. The minimum Gasteiger partial charge on any atom is -0.507 e. The first-order valence-electron chi connectivity index (χ1n) is 10.6. The second-order valence-electron chi connectivity index (χ2n) is 7.84. The van der Waals surface area contributed by atoms with Crippen molar-refractivity contribution in [3.05, 3.63) is 76.4 Å². The van der Waals surface area contributed by atoms with Crippen molar-refractivity contribution in [1.82, 2.24) is 0 Å². The quantitative estimate of drug-likeness (QED) is 0.288. The molecule has 0 bridgehead atoms. The van der Waals surface area contributed by atoms with Gasteiger partial charge in [0.05, 0.1) is 5.56 Å². The zero-order valence-corrected chi connectivity index (χ0v) is 17.6. The standard InChI is InChI=1S/C26H28F2O2/c1-3-5-17-6-8-18(9-7-17)19-10-12-20(13-11-19)25(27)26(28)21-14-15-22(23(29)4-2)24(30)16-21/h6,10-16,18,30H,3-5,7-9H2,1-2H3. The van der Waals surface area contributed by atoms with E-state index in [0.29, 0.717) is 5.92 Å². The molecule has 0 saturated carbocycles. The van der Waals surface area contributed by atoms with E-state index < -0.39 is 11.7 Å². The number of allylic oxidation sites excluding steroid dienone is 2. The van der Waals surface area contributed by atoms with Gasteiger partial charge in [-0.1, -0.05) is 62.2 Å². The largest absolute Gasteiger partial charge is 0.507 e. The number of halogens is 2. The van der Waals surface area contributed by atoms with E-state index in [1.54, 1.807) is 19.1 Å². The molecule has 0 amide bonds. The minimum atomic E-state index is -1.06. The maximum Gasteiger partial charge on any atom is 0.166 e. The monoisotopic (exact) mass is 410 g/mol. The van der Waals surface area contributed by atoms with Crippen LogP contribution in [0.15, 0.2) is 54.1 Å². The summed E-state index contributed by atoms with van der Waals surface area (Å²) in [5.74, 6) is -2.22. The third-order valence-corrected chi connectivity index (χ3v) is 5.78. The second kappa shape index (κ2) is 9.84. The molecule has 3 rings (SSSR count). The molecule has 158 valence electrons. The van der Waals surface area contributed by atoms with Crippen molar-refractivity contribution in [3.63, 3.8) is 0 Å². The maximum atomic E-state index is 14.7. The number of benzene rings is 2. The molecule has 0 aliphatic heterocycles. The van der Waals surface area contributed by atoms with Crippen LogP contribution >= 0.6 is 0 Å². The van der Waals surface area contributed by atoms with E-state index in [1.807, 2.05) is 12.1 Å². The molecule has 0 saturated heterocycles. The Kier molecular flexibility index (Phi) is 7.20. The molecule has 0 spiro atoms. The average Bonchev–Trinajstić information content (AvgIpc) is 2.78. The summed E-state index contributed by atoms with van der Waals surface area (Å²) >= 11 is 0. The van der Waals surface area contributed by atoms with E-state index in [2.05, 4.69) is 13.0 Å². The normalized spacial score (nSPS) is 17.3. The second-order valence-corrected chi connectivity index (χ2v) is 7.84. The van der Waals surface area contributed by atoms with Crippen molar-refractivity contribution in [2.75, 3.05) is 0 Å². The number of Topliss-reactive ketones (excluding diaryl/α,β-unsaturated/α-hetero) is 1. The third-order valence-electron chi connectivity index (χ3n) is 5.78. The Labute approximate surface area is 176 Å². The van der Waals surface area contributed by atoms with Crippen LogP contribution in [0.3, 0.4) is 0 Å². The number of phenols is 1. The first-order valence-corrected chi connectivity index (χ1v) is 10.6. The lowest BCUT2D eigenvalue weighted by Crippen LogP contribution is -2.04. The summed E-state index contributed by atoms with van der Waals surface area (Å²) in [6.45, 7) is 3.86. The van der Waals surface area contributed by atoms with Crippen LogP contribution in [0.2, 0.25) is 0 Å². The highest BCUT2D eigenvalue weighted by Gasteiger charge is 2.18. The fourth-order valence-electron chi connectivity index (χ4n) is 3.99. The smallest absolute Gasteiger partial charge is 0.166 e. The first-order chi connectivity index (χ1) is 14.4. The van der Waals surface area contributed by atoms with Gasteiger partial charge in [-0.15, -0.1) is 0 Å². The van der Waals surface area contributed by atoms with Crippen LogP contribution in [0, 0.1) is 0 Å². The Morgan fingerprint density at radius 2 is 1.70 bits per heavy atom. The number of rotatable bonds is 7. The number of phenolic OH excluding ortho intramolecular Hbond substituents is 1. The first kappa shape index (κ1) is 21.9. The molecule has 1 aliphatic rings. The molecule has 0 heterocycles. The molecule has 1 unspecified atom stereocenters. The van der Waals surface area contributed by atoms with Gasteiger partial charge in [-0.2, -0.15) is 0 Å². The van der Waals surface area contributed by atoms with E-state index >= 15 is 0 Å². The van der Waals surface area contributed by atoms with Crippen LogP contribution in [0.1, 0.15) is 85.3 Å². The van der Waals surface area contributed by atoms with E-state index in [4.69, 9.17) is 0 Å². The molecule has 2 aromatic carbocycles. The van der Waals surface area contributed by atoms with Gasteiger partial charge in [-0.25, -0.2) is 8.78 Å². The molecule has 0 aromatic heterocycles. The Balaban J connectivity index is 1.78. The van der Waals surface area contributed by atoms with E-state index in [9.17, 15) is 18.7 Å². The van der Waals surface area contributed by atoms with Gasteiger partial charge in [0.1, 0.15) is 5.75 Å². The lowest BCUT2D eigenvalue weighted by atomic mass is 9.83. The molecule has 4 heteroatoms. The predicted molar refractivity (Wildman–Crippen MR) is 118 cm³/mol. The highest BCUT2D eigenvalue weighted by atomic mass is 19.2. The Hall–Kier alpha value is -2.75. The molecule has 30 heavy (non-hydrogen) atoms. The highest BCUT2D eigenvalue weighted by Crippen LogP contribution is 2.36. The average molecular weight is 411 g/mol. The minimum absolute atomic E-state index is 0.0948. The Bertz CT molecular complexity index is 971. The molecular weight excluding hydrogens is 382 g/mol. The molecule has 1 aliphatic carbocycles. The molecule has 0 radical (unpaired) electrons. The van der Waals surface area contributed by atoms with Crippen LogP contribution in [0.4, 0.5) is 8.78 Å². The van der Waals surface area contributed by atoms with Crippen LogP contribution in [0.5, 0.6) is 5.75 Å². The summed E-state index contributed by atoms with van der Waals surface area (Å²) in [5.41, 5.74) is 2.84. The lowest BCUT2D eigenvalue weighted by molar-refractivity contribution is 0.0985. The fourth-order valence-corrected chi connectivity index (χ4v) is 3.99. The summed E-state index contributed by atoms with van der Waals surface area (Å²) in [5, 5.41) is 9.99. The van der Waals surface area contributed by atoms with Crippen molar-refractivity contribution in [1.29, 1.82) is 0 Å². The molecule has 0 fully saturated rings. The summed E-state index contributed by atoms with van der Waals surface area (Å²) in [6, 6.07) is 10.7. The van der Waals surface area contributed by atoms with Crippen molar-refractivity contribution in [3.8, 4) is 5.75 Å². The van der Waals surface area contributed by atoms with Gasteiger partial charge in [-0.3, -0.25) is 4.79 Å². The summed E-state index contributed by atoms with van der Waals surface area (Å²) in [4.78, 5) is 11.7. The van der Waals surface area contributed by atoms with Gasteiger partial charge >= 0.3 is 0 Å². The van der Waals surface area contributed by atoms with Gasteiger partial charge in [0, 0.05) is 17.5 Å². The SMILES string of the molecule is CCCC1=CCC(c2ccc(C(F)=C(F)c3ccc(C(=O)CC)c(O)c3)cc2)CC1. The fraction of sp³-hybridized carbons (Fsp3) is 0.346. The van der Waals surface area contributed by atoms with Crippen LogP contribution in [0.25, 0.3) is 11.7 Å². The molecular formula is C26H28F2O2. The topological polar surface area (TPSA) is 37.3 Å². The van der Waals surface area contributed by atoms with Crippen LogP contribution in [-0.2, 0) is 0 Å². The highest BCUT2D eigenvalue weighted by molar-refractivity contribution is 5.99. The predicted octanol–water partition coefficient (Wildman–Crippen LogP) is 7.74. The number of hydrogen-bond donors (Lipinski definition) is 1. The van der Waals surface area contributed by atoms with Crippen molar-refractivity contribution < 1.29 is 18.7 Å². The Morgan fingerprint density at radius 1 is 1.03 bits per heavy atom. The van der Waals surface area contributed by atoms with E-state index in [0.717, 1.165) is 43.7 Å². The number of aromatic hydroxyl groups is 1. The molecule has 2 aromatic rings. The van der Waals surface area contributed by atoms with E-state index in [1.165, 1.54) is 17.7 Å². The third kappa shape index (κ3) is 4.86. The number of carbonyl (C=O) groups excluding carboxylic acids is 1. The summed E-state index contributed by atoms with van der Waals surface area (Å²) < 4.78 is 29.4. The van der Waals surface area contributed by atoms with Gasteiger partial charge in [0.2, 0.25) is 0 Å². The molecule has 1 atom stereocenters. The van der Waals surface area contributed by atoms with Crippen molar-refractivity contribution >= 4 is 17.4 Å². The van der Waals surface area contributed by atoms with E-state index in [-0.39, 0.29) is 34.6 Å². The molecule has 2 nitrogen and oxygen atoms in total. The van der Waals surface area contributed by atoms with Crippen LogP contribution in [-0.4, -0.2) is 10.9 Å². The summed E-state index contributed by atoms with van der Waals surface area (Å²) in [7, 11) is 0. The van der Waals surface area contributed by atoms with Crippen molar-refractivity contribution in [2.24, 2.45) is 0 Å². The molecule has 1 N–H and O–H groups in total. The van der Waals surface area contributed by atoms with Gasteiger partial charge in [0.25, 0.3) is 0 Å². The zero-order valence-electron chi connectivity index (χ0n) is 17.6. The Morgan fingerprint density at radius 3 is 2.27 bits per heavy atom.